The summed E-state index contributed by atoms with van der Waals surface area (Å²) in [5, 5.41) is 2.70. The summed E-state index contributed by atoms with van der Waals surface area (Å²) in [7, 11) is 0. The van der Waals surface area contributed by atoms with Crippen molar-refractivity contribution < 1.29 is 14.3 Å². The van der Waals surface area contributed by atoms with Gasteiger partial charge in [-0.25, -0.2) is 4.79 Å². The predicted molar refractivity (Wildman–Crippen MR) is 88.8 cm³/mol. The van der Waals surface area contributed by atoms with E-state index in [2.05, 4.69) is 10.3 Å². The molecule has 23 heavy (non-hydrogen) atoms. The van der Waals surface area contributed by atoms with Crippen LogP contribution < -0.4 is 5.32 Å². The van der Waals surface area contributed by atoms with Crippen LogP contribution in [0.15, 0.2) is 54.7 Å². The zero-order chi connectivity index (χ0) is 16.7. The van der Waals surface area contributed by atoms with Gasteiger partial charge in [0.15, 0.2) is 0 Å². The highest BCUT2D eigenvalue weighted by atomic mass is 16.5. The molecule has 0 aliphatic carbocycles. The SMILES string of the molecule is CCOC(=O)/C=C/C(=O)Nc1ccnc(-c2ccccc2C)c1. The topological polar surface area (TPSA) is 68.3 Å². The van der Waals surface area contributed by atoms with Gasteiger partial charge in [0.05, 0.1) is 12.3 Å². The van der Waals surface area contributed by atoms with Crippen LogP contribution in [0.1, 0.15) is 12.5 Å². The van der Waals surface area contributed by atoms with Gasteiger partial charge >= 0.3 is 5.97 Å². The van der Waals surface area contributed by atoms with Crippen molar-refractivity contribution in [2.24, 2.45) is 0 Å². The van der Waals surface area contributed by atoms with E-state index in [1.165, 1.54) is 0 Å². The van der Waals surface area contributed by atoms with Crippen molar-refractivity contribution in [2.75, 3.05) is 11.9 Å². The highest BCUT2D eigenvalue weighted by Crippen LogP contribution is 2.23. The highest BCUT2D eigenvalue weighted by molar-refractivity contribution is 6.02. The number of amides is 1. The molecule has 1 amide bonds. The summed E-state index contributed by atoms with van der Waals surface area (Å²) in [5.41, 5.74) is 3.49. The van der Waals surface area contributed by atoms with E-state index < -0.39 is 11.9 Å². The fraction of sp³-hybridized carbons (Fsp3) is 0.167. The average Bonchev–Trinajstić information content (AvgIpc) is 2.54. The zero-order valence-corrected chi connectivity index (χ0v) is 13.1. The van der Waals surface area contributed by atoms with E-state index in [1.54, 1.807) is 25.3 Å². The first-order chi connectivity index (χ1) is 11.1. The van der Waals surface area contributed by atoms with E-state index in [0.29, 0.717) is 5.69 Å². The molecule has 0 saturated heterocycles. The van der Waals surface area contributed by atoms with E-state index in [4.69, 9.17) is 4.74 Å². The Kier molecular flexibility index (Phi) is 5.63. The van der Waals surface area contributed by atoms with Gasteiger partial charge in [0.1, 0.15) is 0 Å². The first-order valence-corrected chi connectivity index (χ1v) is 7.28. The lowest BCUT2D eigenvalue weighted by Gasteiger charge is -2.07. The number of aromatic nitrogens is 1. The molecule has 0 spiro atoms. The molecule has 0 bridgehead atoms. The number of benzene rings is 1. The van der Waals surface area contributed by atoms with Crippen LogP contribution in [-0.2, 0) is 14.3 Å². The van der Waals surface area contributed by atoms with Crippen molar-refractivity contribution in [2.45, 2.75) is 13.8 Å². The Morgan fingerprint density at radius 3 is 2.74 bits per heavy atom. The molecule has 0 saturated carbocycles. The smallest absolute Gasteiger partial charge is 0.330 e. The van der Waals surface area contributed by atoms with Gasteiger partial charge in [0.2, 0.25) is 5.91 Å². The second-order valence-corrected chi connectivity index (χ2v) is 4.82. The number of nitrogens with one attached hydrogen (secondary N) is 1. The predicted octanol–water partition coefficient (Wildman–Crippen LogP) is 3.11. The lowest BCUT2D eigenvalue weighted by Crippen LogP contribution is -2.09. The van der Waals surface area contributed by atoms with Gasteiger partial charge < -0.3 is 10.1 Å². The Balaban J connectivity index is 2.10. The highest BCUT2D eigenvalue weighted by Gasteiger charge is 2.05. The third-order valence-electron chi connectivity index (χ3n) is 3.11. The van der Waals surface area contributed by atoms with Gasteiger partial charge in [-0.05, 0) is 31.5 Å². The second kappa shape index (κ2) is 7.89. The number of esters is 1. The van der Waals surface area contributed by atoms with Crippen molar-refractivity contribution >= 4 is 17.6 Å². The number of anilines is 1. The lowest BCUT2D eigenvalue weighted by molar-refractivity contribution is -0.137. The number of hydrogen-bond acceptors (Lipinski definition) is 4. The Bertz CT molecular complexity index is 739. The number of nitrogens with zero attached hydrogens (tertiary/aromatic N) is 1. The molecule has 1 aromatic heterocycles. The third-order valence-corrected chi connectivity index (χ3v) is 3.11. The van der Waals surface area contributed by atoms with Crippen LogP contribution >= 0.6 is 0 Å². The summed E-state index contributed by atoms with van der Waals surface area (Å²) in [6.45, 7) is 3.98. The normalized spacial score (nSPS) is 10.5. The van der Waals surface area contributed by atoms with Gasteiger partial charge in [-0.1, -0.05) is 24.3 Å². The quantitative estimate of drug-likeness (QED) is 0.680. The Morgan fingerprint density at radius 1 is 1.22 bits per heavy atom. The van der Waals surface area contributed by atoms with E-state index in [1.807, 2.05) is 31.2 Å². The van der Waals surface area contributed by atoms with Crippen LogP contribution in [0.2, 0.25) is 0 Å². The van der Waals surface area contributed by atoms with Crippen LogP contribution in [-0.4, -0.2) is 23.5 Å². The molecular formula is C18H18N2O3. The minimum atomic E-state index is -0.544. The van der Waals surface area contributed by atoms with Crippen LogP contribution in [0.3, 0.4) is 0 Å². The van der Waals surface area contributed by atoms with Crippen molar-refractivity contribution in [1.29, 1.82) is 0 Å². The number of rotatable bonds is 5. The number of carbonyl (C=O) groups is 2. The molecule has 1 N–H and O–H groups in total. The van der Waals surface area contributed by atoms with Crippen molar-refractivity contribution in [3.8, 4) is 11.3 Å². The van der Waals surface area contributed by atoms with E-state index in [-0.39, 0.29) is 6.61 Å². The number of pyridine rings is 1. The summed E-state index contributed by atoms with van der Waals surface area (Å²) < 4.78 is 4.72. The fourth-order valence-electron chi connectivity index (χ4n) is 2.03. The van der Waals surface area contributed by atoms with E-state index >= 15 is 0 Å². The van der Waals surface area contributed by atoms with Crippen LogP contribution in [0.4, 0.5) is 5.69 Å². The Morgan fingerprint density at radius 2 is 2.00 bits per heavy atom. The Labute approximate surface area is 135 Å². The first kappa shape index (κ1) is 16.4. The second-order valence-electron chi connectivity index (χ2n) is 4.82. The van der Waals surface area contributed by atoms with Gasteiger partial charge in [0.25, 0.3) is 0 Å². The standard InChI is InChI=1S/C18H18N2O3/c1-3-23-18(22)9-8-17(21)20-14-10-11-19-16(12-14)15-7-5-4-6-13(15)2/h4-12H,3H2,1-2H3,(H,19,20,21)/b9-8+. The molecule has 0 aliphatic rings. The number of ether oxygens (including phenoxy) is 1. The molecular weight excluding hydrogens is 292 g/mol. The minimum Gasteiger partial charge on any atom is -0.463 e. The van der Waals surface area contributed by atoms with Gasteiger partial charge in [-0.15, -0.1) is 0 Å². The largest absolute Gasteiger partial charge is 0.463 e. The van der Waals surface area contributed by atoms with Gasteiger partial charge in [0, 0.05) is 29.6 Å². The van der Waals surface area contributed by atoms with Crippen LogP contribution in [0.5, 0.6) is 0 Å². The molecule has 0 radical (unpaired) electrons. The van der Waals surface area contributed by atoms with Gasteiger partial charge in [-0.2, -0.15) is 0 Å². The molecule has 1 aromatic carbocycles. The molecule has 1 heterocycles. The van der Waals surface area contributed by atoms with E-state index in [0.717, 1.165) is 29.0 Å². The lowest BCUT2D eigenvalue weighted by atomic mass is 10.1. The molecule has 0 aliphatic heterocycles. The molecule has 0 fully saturated rings. The molecule has 0 atom stereocenters. The van der Waals surface area contributed by atoms with Crippen molar-refractivity contribution in [3.05, 3.63) is 60.3 Å². The molecule has 5 heteroatoms. The van der Waals surface area contributed by atoms with Crippen molar-refractivity contribution in [1.82, 2.24) is 4.98 Å². The number of aryl methyl sites for hydroxylation is 1. The average molecular weight is 310 g/mol. The number of carbonyl (C=O) groups excluding carboxylic acids is 2. The third kappa shape index (κ3) is 4.78. The zero-order valence-electron chi connectivity index (χ0n) is 13.1. The van der Waals surface area contributed by atoms with E-state index in [9.17, 15) is 9.59 Å². The summed E-state index contributed by atoms with van der Waals surface area (Å²) in [5.74, 6) is -0.946. The van der Waals surface area contributed by atoms with Gasteiger partial charge in [-0.3, -0.25) is 9.78 Å². The number of hydrogen-bond donors (Lipinski definition) is 1. The molecule has 2 rings (SSSR count). The maximum Gasteiger partial charge on any atom is 0.330 e. The molecule has 5 nitrogen and oxygen atoms in total. The maximum absolute atomic E-state index is 11.8. The summed E-state index contributed by atoms with van der Waals surface area (Å²) in [6.07, 6.45) is 3.88. The molecule has 2 aromatic rings. The Hall–Kier alpha value is -2.95. The van der Waals surface area contributed by atoms with Crippen LogP contribution in [0, 0.1) is 6.92 Å². The maximum atomic E-state index is 11.8. The minimum absolute atomic E-state index is 0.273. The summed E-state index contributed by atoms with van der Waals surface area (Å²) in [4.78, 5) is 27.3. The molecule has 118 valence electrons. The molecule has 0 unspecified atom stereocenters. The van der Waals surface area contributed by atoms with Crippen molar-refractivity contribution in [3.63, 3.8) is 0 Å². The summed E-state index contributed by atoms with van der Waals surface area (Å²) in [6, 6.07) is 11.4. The van der Waals surface area contributed by atoms with Crippen LogP contribution in [0.25, 0.3) is 11.3 Å². The fourth-order valence-corrected chi connectivity index (χ4v) is 2.03. The summed E-state index contributed by atoms with van der Waals surface area (Å²) >= 11 is 0. The first-order valence-electron chi connectivity index (χ1n) is 7.28. The monoisotopic (exact) mass is 310 g/mol.